The fraction of sp³-hybridized carbons (Fsp3) is 0.333. The maximum Gasteiger partial charge on any atom is 0.319 e. The normalized spacial score (nSPS) is 9.61. The van der Waals surface area contributed by atoms with Gasteiger partial charge < -0.3 is 20.5 Å². The number of aliphatic carboxylic acids is 1. The molecule has 0 aliphatic rings. The summed E-state index contributed by atoms with van der Waals surface area (Å²) in [4.78, 5) is 21.8. The number of ether oxygens (including phenoxy) is 1. The summed E-state index contributed by atoms with van der Waals surface area (Å²) in [5, 5.41) is 13.5. The molecule has 0 saturated carbocycles. The van der Waals surface area contributed by atoms with E-state index in [9.17, 15) is 9.59 Å². The van der Waals surface area contributed by atoms with E-state index in [4.69, 9.17) is 9.84 Å². The Kier molecular flexibility index (Phi) is 5.50. The van der Waals surface area contributed by atoms with E-state index in [1.54, 1.807) is 24.3 Å². The third kappa shape index (κ3) is 4.73. The Morgan fingerprint density at radius 2 is 2.06 bits per heavy atom. The Bertz CT molecular complexity index is 420. The smallest absolute Gasteiger partial charge is 0.319 e. The first kappa shape index (κ1) is 13.8. The fourth-order valence-corrected chi connectivity index (χ4v) is 1.30. The minimum absolute atomic E-state index is 0.0813. The highest BCUT2D eigenvalue weighted by Crippen LogP contribution is 2.23. The molecule has 1 rings (SSSR count). The van der Waals surface area contributed by atoms with Crippen molar-refractivity contribution in [1.29, 1.82) is 0 Å². The molecule has 1 aromatic carbocycles. The Balaban J connectivity index is 2.50. The van der Waals surface area contributed by atoms with Crippen LogP contribution in [0.4, 0.5) is 10.5 Å². The number of hydrogen-bond acceptors (Lipinski definition) is 3. The molecular formula is C12H16N2O4. The molecule has 0 unspecified atom stereocenters. The first-order valence-corrected chi connectivity index (χ1v) is 5.62. The molecule has 2 amide bonds. The molecule has 0 heterocycles. The average molecular weight is 252 g/mol. The highest BCUT2D eigenvalue weighted by atomic mass is 16.5. The zero-order chi connectivity index (χ0) is 13.4. The standard InChI is InChI=1S/C12H16N2O4/c1-2-18-10-6-4-3-5-9(10)14-12(17)13-8-7-11(15)16/h3-6H,2,7-8H2,1H3,(H,15,16)(H2,13,14,17). The number of hydrogen-bond donors (Lipinski definition) is 3. The van der Waals surface area contributed by atoms with Crippen molar-refractivity contribution in [3.05, 3.63) is 24.3 Å². The fourth-order valence-electron chi connectivity index (χ4n) is 1.30. The van der Waals surface area contributed by atoms with Gasteiger partial charge in [-0.25, -0.2) is 4.79 Å². The maximum absolute atomic E-state index is 11.5. The van der Waals surface area contributed by atoms with Crippen LogP contribution in [0.25, 0.3) is 0 Å². The van der Waals surface area contributed by atoms with Gasteiger partial charge in [0.05, 0.1) is 18.7 Å². The molecule has 6 nitrogen and oxygen atoms in total. The molecule has 3 N–H and O–H groups in total. The second-order valence-corrected chi connectivity index (χ2v) is 3.45. The van der Waals surface area contributed by atoms with Crippen LogP contribution in [0, 0.1) is 0 Å². The van der Waals surface area contributed by atoms with Crippen molar-refractivity contribution < 1.29 is 19.4 Å². The van der Waals surface area contributed by atoms with E-state index in [0.29, 0.717) is 18.0 Å². The van der Waals surface area contributed by atoms with Crippen molar-refractivity contribution in [3.8, 4) is 5.75 Å². The lowest BCUT2D eigenvalue weighted by atomic mass is 10.3. The molecule has 1 aromatic rings. The molecular weight excluding hydrogens is 236 g/mol. The van der Waals surface area contributed by atoms with Crippen molar-refractivity contribution in [2.45, 2.75) is 13.3 Å². The van der Waals surface area contributed by atoms with Crippen LogP contribution >= 0.6 is 0 Å². The Morgan fingerprint density at radius 1 is 1.33 bits per heavy atom. The van der Waals surface area contributed by atoms with Gasteiger partial charge in [0, 0.05) is 6.54 Å². The first-order chi connectivity index (χ1) is 8.63. The summed E-state index contributed by atoms with van der Waals surface area (Å²) >= 11 is 0. The van der Waals surface area contributed by atoms with Gasteiger partial charge in [-0.3, -0.25) is 4.79 Å². The number of carboxylic acids is 1. The summed E-state index contributed by atoms with van der Waals surface area (Å²) in [6.07, 6.45) is -0.111. The SMILES string of the molecule is CCOc1ccccc1NC(=O)NCCC(=O)O. The summed E-state index contributed by atoms with van der Waals surface area (Å²) in [6.45, 7) is 2.43. The molecule has 0 aromatic heterocycles. The maximum atomic E-state index is 11.5. The number of rotatable bonds is 6. The summed E-state index contributed by atoms with van der Waals surface area (Å²) in [5.41, 5.74) is 0.548. The molecule has 0 fully saturated rings. The minimum Gasteiger partial charge on any atom is -0.492 e. The largest absolute Gasteiger partial charge is 0.492 e. The van der Waals surface area contributed by atoms with Crippen LogP contribution in [0.15, 0.2) is 24.3 Å². The van der Waals surface area contributed by atoms with Crippen LogP contribution in [0.2, 0.25) is 0 Å². The van der Waals surface area contributed by atoms with Gasteiger partial charge in [0.1, 0.15) is 5.75 Å². The van der Waals surface area contributed by atoms with Crippen LogP contribution < -0.4 is 15.4 Å². The van der Waals surface area contributed by atoms with Crippen LogP contribution in [0.5, 0.6) is 5.75 Å². The van der Waals surface area contributed by atoms with Crippen LogP contribution in [0.1, 0.15) is 13.3 Å². The average Bonchev–Trinajstić information content (AvgIpc) is 2.31. The van der Waals surface area contributed by atoms with Gasteiger partial charge in [-0.2, -0.15) is 0 Å². The number of benzene rings is 1. The van der Waals surface area contributed by atoms with E-state index in [-0.39, 0.29) is 13.0 Å². The molecule has 0 spiro atoms. The number of para-hydroxylation sites is 2. The lowest BCUT2D eigenvalue weighted by Gasteiger charge is -2.11. The van der Waals surface area contributed by atoms with E-state index >= 15 is 0 Å². The highest BCUT2D eigenvalue weighted by molar-refractivity contribution is 5.91. The molecule has 0 saturated heterocycles. The Labute approximate surface area is 105 Å². The Morgan fingerprint density at radius 3 is 2.72 bits per heavy atom. The first-order valence-electron chi connectivity index (χ1n) is 5.62. The zero-order valence-corrected chi connectivity index (χ0v) is 10.1. The van der Waals surface area contributed by atoms with E-state index < -0.39 is 12.0 Å². The molecule has 0 aliphatic heterocycles. The molecule has 6 heteroatoms. The summed E-state index contributed by atoms with van der Waals surface area (Å²) in [7, 11) is 0. The van der Waals surface area contributed by atoms with E-state index in [2.05, 4.69) is 10.6 Å². The van der Waals surface area contributed by atoms with Crippen LogP contribution in [0.3, 0.4) is 0 Å². The van der Waals surface area contributed by atoms with Crippen molar-refractivity contribution >= 4 is 17.7 Å². The molecule has 98 valence electrons. The van der Waals surface area contributed by atoms with Gasteiger partial charge >= 0.3 is 12.0 Å². The van der Waals surface area contributed by atoms with Crippen LogP contribution in [-0.4, -0.2) is 30.3 Å². The number of carbonyl (C=O) groups excluding carboxylic acids is 1. The van der Waals surface area contributed by atoms with E-state index in [1.807, 2.05) is 6.92 Å². The molecule has 0 aliphatic carbocycles. The number of urea groups is 1. The van der Waals surface area contributed by atoms with Gasteiger partial charge in [-0.05, 0) is 19.1 Å². The third-order valence-electron chi connectivity index (χ3n) is 2.06. The quantitative estimate of drug-likeness (QED) is 0.718. The minimum atomic E-state index is -0.954. The molecule has 18 heavy (non-hydrogen) atoms. The molecule has 0 bridgehead atoms. The highest BCUT2D eigenvalue weighted by Gasteiger charge is 2.06. The van der Waals surface area contributed by atoms with Gasteiger partial charge in [0.15, 0.2) is 0 Å². The van der Waals surface area contributed by atoms with Crippen molar-refractivity contribution in [2.24, 2.45) is 0 Å². The summed E-state index contributed by atoms with van der Waals surface area (Å²) in [6, 6.07) is 6.58. The lowest BCUT2D eigenvalue weighted by molar-refractivity contribution is -0.136. The second kappa shape index (κ2) is 7.16. The second-order valence-electron chi connectivity index (χ2n) is 3.45. The van der Waals surface area contributed by atoms with Gasteiger partial charge in [-0.1, -0.05) is 12.1 Å². The predicted octanol–water partition coefficient (Wildman–Crippen LogP) is 1.68. The van der Waals surface area contributed by atoms with Gasteiger partial charge in [0.2, 0.25) is 0 Å². The predicted molar refractivity (Wildman–Crippen MR) is 66.9 cm³/mol. The van der Waals surface area contributed by atoms with Crippen molar-refractivity contribution in [2.75, 3.05) is 18.5 Å². The number of carbonyl (C=O) groups is 2. The van der Waals surface area contributed by atoms with E-state index in [0.717, 1.165) is 0 Å². The number of amides is 2. The number of anilines is 1. The summed E-state index contributed by atoms with van der Waals surface area (Å²) < 4.78 is 5.34. The lowest BCUT2D eigenvalue weighted by Crippen LogP contribution is -2.30. The number of carboxylic acid groups (broad SMARTS) is 1. The third-order valence-corrected chi connectivity index (χ3v) is 2.06. The van der Waals surface area contributed by atoms with Crippen molar-refractivity contribution in [3.63, 3.8) is 0 Å². The summed E-state index contributed by atoms with van der Waals surface area (Å²) in [5.74, 6) is -0.376. The topological polar surface area (TPSA) is 87.7 Å². The Hall–Kier alpha value is -2.24. The number of nitrogens with one attached hydrogen (secondary N) is 2. The molecule has 0 atom stereocenters. The van der Waals surface area contributed by atoms with Crippen molar-refractivity contribution in [1.82, 2.24) is 5.32 Å². The van der Waals surface area contributed by atoms with Gasteiger partial charge in [0.25, 0.3) is 0 Å². The monoisotopic (exact) mass is 252 g/mol. The molecule has 0 radical (unpaired) electrons. The zero-order valence-electron chi connectivity index (χ0n) is 10.1. The van der Waals surface area contributed by atoms with Crippen LogP contribution in [-0.2, 0) is 4.79 Å². The van der Waals surface area contributed by atoms with Gasteiger partial charge in [-0.15, -0.1) is 0 Å². The van der Waals surface area contributed by atoms with E-state index in [1.165, 1.54) is 0 Å².